The van der Waals surface area contributed by atoms with Crippen LogP contribution in [-0.2, 0) is 11.2 Å². The summed E-state index contributed by atoms with van der Waals surface area (Å²) in [5.74, 6) is 0. The van der Waals surface area contributed by atoms with E-state index in [1.54, 1.807) is 4.90 Å². The van der Waals surface area contributed by atoms with E-state index in [4.69, 9.17) is 4.74 Å². The molecule has 0 aliphatic carbocycles. The van der Waals surface area contributed by atoms with E-state index in [2.05, 4.69) is 5.32 Å². The Kier molecular flexibility index (Phi) is 5.02. The second-order valence-electron chi connectivity index (χ2n) is 4.36. The molecule has 97 valence electrons. The topological polar surface area (TPSA) is 43.6 Å². The highest BCUT2D eigenvalue weighted by Gasteiger charge is 2.16. The first-order chi connectivity index (χ1) is 8.86. The number of carbonyl (C=O) groups excluding carboxylic acids is 1. The Morgan fingerprint density at radius 3 is 2.89 bits per heavy atom. The van der Waals surface area contributed by atoms with Crippen molar-refractivity contribution in [3.63, 3.8) is 0 Å². The van der Waals surface area contributed by atoms with E-state index in [0.29, 0.717) is 13.2 Å². The maximum absolute atomic E-state index is 11.8. The van der Waals surface area contributed by atoms with Gasteiger partial charge in [0.15, 0.2) is 0 Å². The summed E-state index contributed by atoms with van der Waals surface area (Å²) in [4.78, 5) is 13.6. The van der Waals surface area contributed by atoms with Crippen LogP contribution >= 0.6 is 0 Å². The monoisotopic (exact) mass is 247 g/mol. The van der Waals surface area contributed by atoms with Gasteiger partial charge in [-0.25, -0.2) is 10.1 Å². The van der Waals surface area contributed by atoms with Crippen LogP contribution in [0.5, 0.6) is 0 Å². The highest BCUT2D eigenvalue weighted by molar-refractivity contribution is 5.67. The van der Waals surface area contributed by atoms with E-state index >= 15 is 0 Å². The molecule has 1 aliphatic heterocycles. The van der Waals surface area contributed by atoms with Gasteiger partial charge in [0.1, 0.15) is 0 Å². The van der Waals surface area contributed by atoms with Crippen molar-refractivity contribution in [1.29, 1.82) is 0 Å². The molecule has 0 N–H and O–H groups in total. The number of ether oxygens (including phenoxy) is 1. The minimum atomic E-state index is -0.206. The second-order valence-corrected chi connectivity index (χ2v) is 4.36. The summed E-state index contributed by atoms with van der Waals surface area (Å²) < 4.78 is 5.29. The summed E-state index contributed by atoms with van der Waals surface area (Å²) in [6.45, 7) is 3.47. The van der Waals surface area contributed by atoms with Crippen molar-refractivity contribution in [2.75, 3.05) is 32.8 Å². The fraction of sp³-hybridized carbons (Fsp3) is 0.500. The smallest absolute Gasteiger partial charge is 0.409 e. The Morgan fingerprint density at radius 1 is 1.22 bits per heavy atom. The van der Waals surface area contributed by atoms with Gasteiger partial charge in [0.05, 0.1) is 6.61 Å². The van der Waals surface area contributed by atoms with Gasteiger partial charge in [0.25, 0.3) is 0 Å². The fourth-order valence-electron chi connectivity index (χ4n) is 1.96. The molecule has 0 atom stereocenters. The van der Waals surface area contributed by atoms with Crippen molar-refractivity contribution in [3.8, 4) is 0 Å². The summed E-state index contributed by atoms with van der Waals surface area (Å²) in [6.07, 6.45) is 1.50. The van der Waals surface area contributed by atoms with E-state index in [0.717, 1.165) is 32.5 Å². The van der Waals surface area contributed by atoms with E-state index < -0.39 is 0 Å². The van der Waals surface area contributed by atoms with Gasteiger partial charge in [-0.15, -0.1) is 0 Å². The van der Waals surface area contributed by atoms with Gasteiger partial charge >= 0.3 is 6.09 Å². The minimum Gasteiger partial charge on any atom is -0.449 e. The predicted octanol–water partition coefficient (Wildman–Crippen LogP) is 1.68. The maximum atomic E-state index is 11.8. The third-order valence-electron chi connectivity index (χ3n) is 2.99. The van der Waals surface area contributed by atoms with Gasteiger partial charge in [-0.2, -0.15) is 0 Å². The van der Waals surface area contributed by atoms with Crippen LogP contribution in [0.4, 0.5) is 4.79 Å². The average Bonchev–Trinajstić information content (AvgIpc) is 2.69. The van der Waals surface area contributed by atoms with Crippen molar-refractivity contribution in [3.05, 3.63) is 35.9 Å². The number of rotatable bonds is 3. The lowest BCUT2D eigenvalue weighted by atomic mass is 10.2. The lowest BCUT2D eigenvalue weighted by molar-refractivity contribution is 0.106. The normalized spacial score (nSPS) is 16.1. The zero-order valence-electron chi connectivity index (χ0n) is 10.5. The number of hydrogen-bond acceptors (Lipinski definition) is 2. The minimum absolute atomic E-state index is 0.206. The third-order valence-corrected chi connectivity index (χ3v) is 2.99. The molecule has 1 heterocycles. The first-order valence-corrected chi connectivity index (χ1v) is 6.45. The van der Waals surface area contributed by atoms with Crippen molar-refractivity contribution in [2.24, 2.45) is 0 Å². The lowest BCUT2D eigenvalue weighted by Gasteiger charge is -2.19. The van der Waals surface area contributed by atoms with Crippen LogP contribution in [0.2, 0.25) is 0 Å². The highest BCUT2D eigenvalue weighted by Crippen LogP contribution is 2.03. The first kappa shape index (κ1) is 12.9. The molecule has 2 rings (SSSR count). The number of amides is 1. The van der Waals surface area contributed by atoms with Crippen molar-refractivity contribution >= 4 is 6.09 Å². The van der Waals surface area contributed by atoms with Crippen LogP contribution in [0.25, 0.3) is 0 Å². The summed E-state index contributed by atoms with van der Waals surface area (Å²) in [5, 5.41) is 4.28. The molecule has 1 amide bonds. The second kappa shape index (κ2) is 7.01. The molecular weight excluding hydrogens is 228 g/mol. The number of carbonyl (C=O) groups is 1. The molecule has 18 heavy (non-hydrogen) atoms. The highest BCUT2D eigenvalue weighted by atomic mass is 16.6. The van der Waals surface area contributed by atoms with Gasteiger partial charge in [-0.1, -0.05) is 30.3 Å². The molecule has 1 radical (unpaired) electrons. The van der Waals surface area contributed by atoms with Gasteiger partial charge in [0, 0.05) is 32.6 Å². The largest absolute Gasteiger partial charge is 0.449 e. The number of nitrogens with zero attached hydrogens (tertiary/aromatic N) is 2. The maximum Gasteiger partial charge on any atom is 0.409 e. The molecular formula is C14H19N2O2. The van der Waals surface area contributed by atoms with Gasteiger partial charge in [0.2, 0.25) is 0 Å². The number of hydrogen-bond donors (Lipinski definition) is 0. The fourth-order valence-corrected chi connectivity index (χ4v) is 1.96. The van der Waals surface area contributed by atoms with Crippen LogP contribution in [0.15, 0.2) is 30.3 Å². The molecule has 4 heteroatoms. The summed E-state index contributed by atoms with van der Waals surface area (Å²) in [5.41, 5.74) is 1.19. The molecule has 0 spiro atoms. The number of benzene rings is 1. The van der Waals surface area contributed by atoms with Crippen LogP contribution in [-0.4, -0.2) is 43.8 Å². The molecule has 4 nitrogen and oxygen atoms in total. The molecule has 1 aliphatic rings. The molecule has 0 bridgehead atoms. The lowest BCUT2D eigenvalue weighted by Crippen LogP contribution is -2.34. The van der Waals surface area contributed by atoms with E-state index in [1.807, 2.05) is 30.3 Å². The van der Waals surface area contributed by atoms with Crippen LogP contribution in [0, 0.1) is 0 Å². The standard InChI is InChI=1S/C14H19N2O2/c17-14(16-10-4-8-15-9-11-16)18-12-7-13-5-2-1-3-6-13/h1-3,5-6H,4,7-12H2. The average molecular weight is 247 g/mol. The summed E-state index contributed by atoms with van der Waals surface area (Å²) in [7, 11) is 0. The van der Waals surface area contributed by atoms with Gasteiger partial charge < -0.3 is 9.64 Å². The quantitative estimate of drug-likeness (QED) is 0.815. The predicted molar refractivity (Wildman–Crippen MR) is 69.6 cm³/mol. The molecule has 1 fully saturated rings. The third kappa shape index (κ3) is 4.04. The zero-order valence-corrected chi connectivity index (χ0v) is 10.5. The van der Waals surface area contributed by atoms with E-state index in [1.165, 1.54) is 5.56 Å². The van der Waals surface area contributed by atoms with Crippen molar-refractivity contribution < 1.29 is 9.53 Å². The molecule has 1 aromatic carbocycles. The van der Waals surface area contributed by atoms with Crippen LogP contribution in [0.1, 0.15) is 12.0 Å². The zero-order chi connectivity index (χ0) is 12.6. The Morgan fingerprint density at radius 2 is 2.06 bits per heavy atom. The first-order valence-electron chi connectivity index (χ1n) is 6.45. The Balaban J connectivity index is 1.71. The van der Waals surface area contributed by atoms with Crippen LogP contribution < -0.4 is 5.32 Å². The Labute approximate surface area is 108 Å². The molecule has 0 aromatic heterocycles. The van der Waals surface area contributed by atoms with Crippen molar-refractivity contribution in [2.45, 2.75) is 12.8 Å². The van der Waals surface area contributed by atoms with E-state index in [-0.39, 0.29) is 6.09 Å². The summed E-state index contributed by atoms with van der Waals surface area (Å²) in [6, 6.07) is 10.1. The van der Waals surface area contributed by atoms with Gasteiger partial charge in [-0.05, 0) is 12.0 Å². The molecule has 0 unspecified atom stereocenters. The SMILES string of the molecule is O=C(OCCc1ccccc1)N1CCC[N]CC1. The van der Waals surface area contributed by atoms with E-state index in [9.17, 15) is 4.79 Å². The van der Waals surface area contributed by atoms with Crippen molar-refractivity contribution in [1.82, 2.24) is 10.2 Å². The van der Waals surface area contributed by atoms with Gasteiger partial charge in [-0.3, -0.25) is 0 Å². The summed E-state index contributed by atoms with van der Waals surface area (Å²) >= 11 is 0. The Bertz CT molecular complexity index is 359. The molecule has 1 saturated heterocycles. The molecule has 0 saturated carbocycles. The van der Waals surface area contributed by atoms with Crippen LogP contribution in [0.3, 0.4) is 0 Å². The Hall–Kier alpha value is -1.55. The molecule has 1 aromatic rings.